The topological polar surface area (TPSA) is 109 Å². The lowest BCUT2D eigenvalue weighted by Crippen LogP contribution is -2.38. The maximum atomic E-state index is 11.7. The van der Waals surface area contributed by atoms with Crippen molar-refractivity contribution < 1.29 is 9.53 Å². The maximum Gasteiger partial charge on any atom is 0.239 e. The summed E-state index contributed by atoms with van der Waals surface area (Å²) >= 11 is 0. The number of nitrogens with zero attached hydrogens (tertiary/aromatic N) is 5. The molecule has 2 fully saturated rings. The standard InChI is InChI=1S/C12H19N7O2/c13-10-15-11(18-4-6-21-7-5-18)17-12(16-10)19-3-1-2-14-9(20)8-19/h1-8H2,(H,14,20)(H2,13,15,16,17). The number of rotatable bonds is 2. The van der Waals surface area contributed by atoms with Gasteiger partial charge in [0.15, 0.2) is 0 Å². The summed E-state index contributed by atoms with van der Waals surface area (Å²) in [5.74, 6) is 1.15. The molecule has 21 heavy (non-hydrogen) atoms. The molecule has 0 bridgehead atoms. The minimum Gasteiger partial charge on any atom is -0.378 e. The number of carbonyl (C=O) groups is 1. The third-order valence-electron chi connectivity index (χ3n) is 3.47. The van der Waals surface area contributed by atoms with Gasteiger partial charge in [0.05, 0.1) is 19.8 Å². The van der Waals surface area contributed by atoms with Crippen LogP contribution in [0.25, 0.3) is 0 Å². The molecule has 1 aromatic heterocycles. The third kappa shape index (κ3) is 3.30. The molecular weight excluding hydrogens is 274 g/mol. The second kappa shape index (κ2) is 6.08. The third-order valence-corrected chi connectivity index (χ3v) is 3.47. The van der Waals surface area contributed by atoms with E-state index < -0.39 is 0 Å². The molecule has 3 rings (SSSR count). The van der Waals surface area contributed by atoms with Crippen LogP contribution >= 0.6 is 0 Å². The molecule has 2 aliphatic rings. The monoisotopic (exact) mass is 293 g/mol. The number of carbonyl (C=O) groups excluding carboxylic acids is 1. The zero-order valence-corrected chi connectivity index (χ0v) is 11.8. The van der Waals surface area contributed by atoms with E-state index in [0.717, 1.165) is 19.5 Å². The highest BCUT2D eigenvalue weighted by atomic mass is 16.5. The number of aromatic nitrogens is 3. The van der Waals surface area contributed by atoms with Crippen molar-refractivity contribution >= 4 is 23.8 Å². The number of hydrogen-bond acceptors (Lipinski definition) is 8. The quantitative estimate of drug-likeness (QED) is 0.686. The molecule has 114 valence electrons. The summed E-state index contributed by atoms with van der Waals surface area (Å²) in [5, 5.41) is 2.83. The van der Waals surface area contributed by atoms with E-state index in [9.17, 15) is 4.79 Å². The van der Waals surface area contributed by atoms with E-state index in [0.29, 0.717) is 38.2 Å². The van der Waals surface area contributed by atoms with Gasteiger partial charge in [0.25, 0.3) is 0 Å². The molecule has 0 saturated carbocycles. The molecule has 0 spiro atoms. The van der Waals surface area contributed by atoms with Gasteiger partial charge in [-0.2, -0.15) is 15.0 Å². The molecule has 2 aliphatic heterocycles. The minimum atomic E-state index is -0.0283. The normalized spacial score (nSPS) is 20.1. The Hall–Kier alpha value is -2.16. The highest BCUT2D eigenvalue weighted by Gasteiger charge is 2.21. The first-order valence-corrected chi connectivity index (χ1v) is 7.08. The second-order valence-electron chi connectivity index (χ2n) is 5.02. The summed E-state index contributed by atoms with van der Waals surface area (Å²) in [5.41, 5.74) is 5.80. The molecule has 0 aromatic carbocycles. The van der Waals surface area contributed by atoms with Gasteiger partial charge >= 0.3 is 0 Å². The van der Waals surface area contributed by atoms with Gasteiger partial charge in [0.1, 0.15) is 0 Å². The van der Waals surface area contributed by atoms with E-state index in [1.165, 1.54) is 0 Å². The van der Waals surface area contributed by atoms with Crippen molar-refractivity contribution in [2.24, 2.45) is 0 Å². The number of ether oxygens (including phenoxy) is 1. The van der Waals surface area contributed by atoms with Gasteiger partial charge in [-0.1, -0.05) is 0 Å². The SMILES string of the molecule is Nc1nc(N2CCOCC2)nc(N2CCCNC(=O)C2)n1. The van der Waals surface area contributed by atoms with Crippen molar-refractivity contribution in [1.82, 2.24) is 20.3 Å². The van der Waals surface area contributed by atoms with Crippen LogP contribution in [0.3, 0.4) is 0 Å². The summed E-state index contributed by atoms with van der Waals surface area (Å²) in [6.07, 6.45) is 0.851. The number of nitrogens with two attached hydrogens (primary N) is 1. The van der Waals surface area contributed by atoms with Crippen LogP contribution in [0, 0.1) is 0 Å². The van der Waals surface area contributed by atoms with Crippen LogP contribution in [-0.2, 0) is 9.53 Å². The fourth-order valence-electron chi connectivity index (χ4n) is 2.39. The van der Waals surface area contributed by atoms with Gasteiger partial charge < -0.3 is 25.6 Å². The molecule has 3 N–H and O–H groups in total. The summed E-state index contributed by atoms with van der Waals surface area (Å²) in [7, 11) is 0. The number of hydrogen-bond donors (Lipinski definition) is 2. The van der Waals surface area contributed by atoms with Crippen molar-refractivity contribution in [2.75, 3.05) is 61.5 Å². The van der Waals surface area contributed by atoms with Crippen LogP contribution in [0.5, 0.6) is 0 Å². The lowest BCUT2D eigenvalue weighted by Gasteiger charge is -2.28. The molecule has 1 amide bonds. The average Bonchev–Trinajstić information content (AvgIpc) is 2.72. The predicted molar refractivity (Wildman–Crippen MR) is 77.1 cm³/mol. The Morgan fingerprint density at radius 3 is 2.52 bits per heavy atom. The van der Waals surface area contributed by atoms with E-state index >= 15 is 0 Å². The molecule has 9 nitrogen and oxygen atoms in total. The van der Waals surface area contributed by atoms with E-state index in [4.69, 9.17) is 10.5 Å². The zero-order chi connectivity index (χ0) is 14.7. The van der Waals surface area contributed by atoms with Crippen molar-refractivity contribution in [1.29, 1.82) is 0 Å². The highest BCUT2D eigenvalue weighted by Crippen LogP contribution is 2.17. The largest absolute Gasteiger partial charge is 0.378 e. The average molecular weight is 293 g/mol. The number of amides is 1. The molecule has 2 saturated heterocycles. The molecule has 0 atom stereocenters. The molecular formula is C12H19N7O2. The first-order valence-electron chi connectivity index (χ1n) is 7.08. The summed E-state index contributed by atoms with van der Waals surface area (Å²) in [6.45, 7) is 4.37. The fourth-order valence-corrected chi connectivity index (χ4v) is 2.39. The fraction of sp³-hybridized carbons (Fsp3) is 0.667. The molecule has 3 heterocycles. The van der Waals surface area contributed by atoms with Crippen LogP contribution in [0.4, 0.5) is 17.8 Å². The van der Waals surface area contributed by atoms with E-state index in [2.05, 4.69) is 20.3 Å². The van der Waals surface area contributed by atoms with Crippen molar-refractivity contribution in [3.05, 3.63) is 0 Å². The van der Waals surface area contributed by atoms with Crippen LogP contribution in [0.15, 0.2) is 0 Å². The number of anilines is 3. The van der Waals surface area contributed by atoms with Gasteiger partial charge in [-0.05, 0) is 6.42 Å². The van der Waals surface area contributed by atoms with Crippen LogP contribution in [-0.4, -0.2) is 66.8 Å². The Labute approximate surface area is 122 Å². The Morgan fingerprint density at radius 1 is 1.05 bits per heavy atom. The lowest BCUT2D eigenvalue weighted by atomic mass is 10.4. The van der Waals surface area contributed by atoms with Gasteiger partial charge in [0, 0.05) is 26.2 Å². The Balaban J connectivity index is 1.84. The van der Waals surface area contributed by atoms with Gasteiger partial charge in [0.2, 0.25) is 23.8 Å². The summed E-state index contributed by atoms with van der Waals surface area (Å²) in [6, 6.07) is 0. The maximum absolute atomic E-state index is 11.7. The first kappa shape index (κ1) is 13.8. The van der Waals surface area contributed by atoms with E-state index in [1.807, 2.05) is 9.80 Å². The smallest absolute Gasteiger partial charge is 0.239 e. The molecule has 0 aliphatic carbocycles. The minimum absolute atomic E-state index is 0.0283. The molecule has 9 heteroatoms. The summed E-state index contributed by atoms with van der Waals surface area (Å²) in [4.78, 5) is 28.3. The van der Waals surface area contributed by atoms with Crippen LogP contribution < -0.4 is 20.9 Å². The Bertz CT molecular complexity index is 518. The van der Waals surface area contributed by atoms with Crippen molar-refractivity contribution in [3.8, 4) is 0 Å². The Morgan fingerprint density at radius 2 is 1.76 bits per heavy atom. The summed E-state index contributed by atoms with van der Waals surface area (Å²) < 4.78 is 5.32. The highest BCUT2D eigenvalue weighted by molar-refractivity contribution is 5.81. The Kier molecular flexibility index (Phi) is 4.00. The molecule has 0 unspecified atom stereocenters. The first-order chi connectivity index (χ1) is 10.2. The number of nitrogen functional groups attached to an aromatic ring is 1. The van der Waals surface area contributed by atoms with Crippen molar-refractivity contribution in [3.63, 3.8) is 0 Å². The van der Waals surface area contributed by atoms with Gasteiger partial charge in [-0.3, -0.25) is 4.79 Å². The van der Waals surface area contributed by atoms with Crippen LogP contribution in [0.2, 0.25) is 0 Å². The van der Waals surface area contributed by atoms with Gasteiger partial charge in [-0.15, -0.1) is 0 Å². The number of morpholine rings is 1. The second-order valence-corrected chi connectivity index (χ2v) is 5.02. The lowest BCUT2D eigenvalue weighted by molar-refractivity contribution is -0.119. The van der Waals surface area contributed by atoms with Crippen molar-refractivity contribution in [2.45, 2.75) is 6.42 Å². The molecule has 1 aromatic rings. The number of nitrogens with one attached hydrogen (secondary N) is 1. The predicted octanol–water partition coefficient (Wildman–Crippen LogP) is -1.38. The van der Waals surface area contributed by atoms with E-state index in [-0.39, 0.29) is 18.4 Å². The molecule has 0 radical (unpaired) electrons. The zero-order valence-electron chi connectivity index (χ0n) is 11.8. The van der Waals surface area contributed by atoms with E-state index in [1.54, 1.807) is 0 Å². The van der Waals surface area contributed by atoms with Crippen LogP contribution in [0.1, 0.15) is 6.42 Å². The van der Waals surface area contributed by atoms with Gasteiger partial charge in [-0.25, -0.2) is 0 Å².